The van der Waals surface area contributed by atoms with E-state index in [0.717, 1.165) is 11.1 Å². The molecule has 0 aliphatic heterocycles. The molecule has 0 unspecified atom stereocenters. The van der Waals surface area contributed by atoms with Crippen molar-refractivity contribution in [1.29, 1.82) is 0 Å². The van der Waals surface area contributed by atoms with Gasteiger partial charge in [0.25, 0.3) is 0 Å². The van der Waals surface area contributed by atoms with Gasteiger partial charge in [0.05, 0.1) is 0 Å². The third-order valence-electron chi connectivity index (χ3n) is 2.10. The molecular weight excluding hydrogens is 233 g/mol. The maximum absolute atomic E-state index is 10.7. The second-order valence-corrected chi connectivity index (χ2v) is 4.58. The number of allylic oxidation sites excluding steroid dienone is 1. The molecule has 15 heavy (non-hydrogen) atoms. The van der Waals surface area contributed by atoms with E-state index in [-0.39, 0.29) is 70.8 Å². The first-order valence-electron chi connectivity index (χ1n) is 3.88. The average Bonchev–Trinajstić information content (AvgIpc) is 2.45. The van der Waals surface area contributed by atoms with E-state index in [1.807, 2.05) is 18.2 Å². The quantitative estimate of drug-likeness (QED) is 0.363. The summed E-state index contributed by atoms with van der Waals surface area (Å²) in [6.07, 6.45) is 1.70. The van der Waals surface area contributed by atoms with Crippen molar-refractivity contribution in [2.45, 2.75) is 6.42 Å². The molecule has 1 aliphatic carbocycles. The number of benzene rings is 1. The van der Waals surface area contributed by atoms with E-state index in [1.165, 1.54) is 6.08 Å². The van der Waals surface area contributed by atoms with Crippen LogP contribution < -0.4 is 68.9 Å². The van der Waals surface area contributed by atoms with Crippen molar-refractivity contribution < 1.29 is 73.5 Å². The zero-order valence-electron chi connectivity index (χ0n) is 8.77. The molecule has 6 heteroatoms. The Bertz CT molecular complexity index is 425. The van der Waals surface area contributed by atoms with E-state index < -0.39 is 7.60 Å². The first-order valence-corrected chi connectivity index (χ1v) is 5.43. The Hall–Kier alpha value is 1.11. The van der Waals surface area contributed by atoms with Crippen LogP contribution in [0.3, 0.4) is 0 Å². The molecule has 0 aromatic heterocycles. The van der Waals surface area contributed by atoms with Gasteiger partial charge in [-0.15, -0.1) is 0 Å². The van der Waals surface area contributed by atoms with Crippen molar-refractivity contribution in [3.63, 3.8) is 0 Å². The van der Waals surface area contributed by atoms with E-state index in [2.05, 4.69) is 0 Å². The minimum atomic E-state index is -4.53. The molecule has 0 radical (unpaired) electrons. The average molecular weight is 240 g/mol. The second-order valence-electron chi connectivity index (χ2n) is 3.01. The van der Waals surface area contributed by atoms with Gasteiger partial charge in [0.1, 0.15) is 0 Å². The van der Waals surface area contributed by atoms with Crippen LogP contribution in [-0.2, 0) is 11.0 Å². The smallest absolute Gasteiger partial charge is 0.808 e. The first kappa shape index (κ1) is 16.1. The van der Waals surface area contributed by atoms with Gasteiger partial charge in [0.15, 0.2) is 0 Å². The Morgan fingerprint density at radius 3 is 2.27 bits per heavy atom. The summed E-state index contributed by atoms with van der Waals surface area (Å²) in [5, 5.41) is -0.00583. The zero-order chi connectivity index (χ0) is 9.47. The molecule has 0 bridgehead atoms. The first-order chi connectivity index (χ1) is 6.07. The summed E-state index contributed by atoms with van der Waals surface area (Å²) in [5.41, 5.74) is 1.74. The van der Waals surface area contributed by atoms with Crippen LogP contribution in [0, 0.1) is 0 Å². The van der Waals surface area contributed by atoms with E-state index >= 15 is 0 Å². The van der Waals surface area contributed by atoms with Crippen LogP contribution in [0.5, 0.6) is 0 Å². The molecule has 0 spiro atoms. The van der Waals surface area contributed by atoms with Crippen LogP contribution >= 0.6 is 7.60 Å². The summed E-state index contributed by atoms with van der Waals surface area (Å²) in [7, 11) is -4.53. The monoisotopic (exact) mass is 240 g/mol. The van der Waals surface area contributed by atoms with Crippen molar-refractivity contribution in [2.24, 2.45) is 0 Å². The Balaban J connectivity index is 0.000000980. The van der Waals surface area contributed by atoms with Crippen molar-refractivity contribution in [1.82, 2.24) is 0 Å². The van der Waals surface area contributed by atoms with Gasteiger partial charge in [-0.25, -0.2) is 0 Å². The van der Waals surface area contributed by atoms with Crippen molar-refractivity contribution in [3.05, 3.63) is 40.7 Å². The molecule has 68 valence electrons. The van der Waals surface area contributed by atoms with E-state index in [9.17, 15) is 14.4 Å². The SMILES string of the molecule is O=P([O-])([O-])C1=Cc2ccccc2C1.[Na+].[Na+]. The van der Waals surface area contributed by atoms with Gasteiger partial charge in [-0.1, -0.05) is 24.3 Å². The van der Waals surface area contributed by atoms with E-state index in [4.69, 9.17) is 0 Å². The fourth-order valence-electron chi connectivity index (χ4n) is 1.44. The summed E-state index contributed by atoms with van der Waals surface area (Å²) in [4.78, 5) is 21.4. The maximum Gasteiger partial charge on any atom is 1.00 e. The molecule has 0 amide bonds. The molecule has 2 rings (SSSR count). The molecule has 0 N–H and O–H groups in total. The standard InChI is InChI=1S/C9H9O3P.2Na/c10-13(11,12)9-5-7-3-1-2-4-8(7)6-9;;/h1-5H,6H2,(H2,10,11,12);;/q;2*+1/p-2. The van der Waals surface area contributed by atoms with Gasteiger partial charge >= 0.3 is 59.1 Å². The van der Waals surface area contributed by atoms with E-state index in [0.29, 0.717) is 0 Å². The Morgan fingerprint density at radius 2 is 1.73 bits per heavy atom. The van der Waals surface area contributed by atoms with Gasteiger partial charge in [-0.2, -0.15) is 0 Å². The van der Waals surface area contributed by atoms with Gasteiger partial charge < -0.3 is 14.4 Å². The summed E-state index contributed by atoms with van der Waals surface area (Å²) >= 11 is 0. The Morgan fingerprint density at radius 1 is 1.13 bits per heavy atom. The van der Waals surface area contributed by atoms with Crippen molar-refractivity contribution >= 4 is 13.7 Å². The molecule has 1 aromatic rings. The van der Waals surface area contributed by atoms with Crippen LogP contribution in [0.15, 0.2) is 29.6 Å². The predicted molar refractivity (Wildman–Crippen MR) is 45.7 cm³/mol. The van der Waals surface area contributed by atoms with Gasteiger partial charge in [-0.3, -0.25) is 0 Å². The molecule has 0 fully saturated rings. The van der Waals surface area contributed by atoms with Gasteiger partial charge in [0, 0.05) is 0 Å². The Labute approximate surface area is 133 Å². The number of rotatable bonds is 1. The third kappa shape index (κ3) is 3.81. The normalized spacial score (nSPS) is 13.3. The molecule has 1 aliphatic rings. The summed E-state index contributed by atoms with van der Waals surface area (Å²) in [5.74, 6) is 0. The largest absolute Gasteiger partial charge is 1.00 e. The third-order valence-corrected chi connectivity index (χ3v) is 3.09. The number of hydrogen-bond acceptors (Lipinski definition) is 3. The van der Waals surface area contributed by atoms with Crippen LogP contribution in [0.25, 0.3) is 6.08 Å². The van der Waals surface area contributed by atoms with Crippen LogP contribution in [-0.4, -0.2) is 0 Å². The van der Waals surface area contributed by atoms with Crippen LogP contribution in [0.1, 0.15) is 11.1 Å². The van der Waals surface area contributed by atoms with Crippen LogP contribution in [0.4, 0.5) is 0 Å². The molecule has 0 heterocycles. The van der Waals surface area contributed by atoms with E-state index in [1.54, 1.807) is 6.07 Å². The molecular formula is C9H7Na2O3P. The molecule has 0 saturated heterocycles. The summed E-state index contributed by atoms with van der Waals surface area (Å²) < 4.78 is 10.7. The Kier molecular flexibility index (Phi) is 6.61. The summed E-state index contributed by atoms with van der Waals surface area (Å²) in [6, 6.07) is 7.28. The predicted octanol–water partition coefficient (Wildman–Crippen LogP) is -5.49. The minimum absolute atomic E-state index is 0. The second kappa shape index (κ2) is 6.15. The van der Waals surface area contributed by atoms with Gasteiger partial charge in [-0.05, 0) is 36.5 Å². The molecule has 0 saturated carbocycles. The topological polar surface area (TPSA) is 63.2 Å². The van der Waals surface area contributed by atoms with Crippen molar-refractivity contribution in [2.75, 3.05) is 0 Å². The maximum atomic E-state index is 10.7. The van der Waals surface area contributed by atoms with Crippen LogP contribution in [0.2, 0.25) is 0 Å². The number of fused-ring (bicyclic) bond motifs is 1. The number of hydrogen-bond donors (Lipinski definition) is 0. The molecule has 0 atom stereocenters. The molecule has 3 nitrogen and oxygen atoms in total. The minimum Gasteiger partial charge on any atom is -0.808 e. The van der Waals surface area contributed by atoms with Gasteiger partial charge in [0.2, 0.25) is 0 Å². The fourth-order valence-corrected chi connectivity index (χ4v) is 2.10. The fraction of sp³-hybridized carbons (Fsp3) is 0.111. The summed E-state index contributed by atoms with van der Waals surface area (Å²) in [6.45, 7) is 0. The zero-order valence-corrected chi connectivity index (χ0v) is 13.7. The van der Waals surface area contributed by atoms with Crippen molar-refractivity contribution in [3.8, 4) is 0 Å². The molecule has 1 aromatic carbocycles.